The summed E-state index contributed by atoms with van der Waals surface area (Å²) in [6.45, 7) is 4.08. The van der Waals surface area contributed by atoms with Crippen LogP contribution in [-0.4, -0.2) is 26.2 Å². The van der Waals surface area contributed by atoms with E-state index in [1.165, 1.54) is 12.1 Å². The highest BCUT2D eigenvalue weighted by Crippen LogP contribution is 2.50. The standard InChI is InChI=1S/C17H16N2O4S2/c1-3-12-15(20)18-14(13(4-2)25-16(12)18)17(24)23-9-10-5-7-11(8-6-10)19(21)22/h3,5-8,16H,4,9H2,1-2H3. The van der Waals surface area contributed by atoms with Gasteiger partial charge < -0.3 is 4.74 Å². The fourth-order valence-electron chi connectivity index (χ4n) is 2.74. The molecule has 1 aromatic carbocycles. The van der Waals surface area contributed by atoms with Crippen LogP contribution in [0.2, 0.25) is 0 Å². The van der Waals surface area contributed by atoms with Crippen LogP contribution in [0.4, 0.5) is 5.69 Å². The first-order valence-corrected chi connectivity index (χ1v) is 9.06. The van der Waals surface area contributed by atoms with E-state index in [1.54, 1.807) is 28.8 Å². The number of amides is 1. The summed E-state index contributed by atoms with van der Waals surface area (Å²) in [6, 6.07) is 6.12. The number of carbonyl (C=O) groups excluding carboxylic acids is 1. The minimum absolute atomic E-state index is 0.00312. The second kappa shape index (κ2) is 6.97. The summed E-state index contributed by atoms with van der Waals surface area (Å²) >= 11 is 7.03. The second-order valence-electron chi connectivity index (χ2n) is 5.51. The first-order chi connectivity index (χ1) is 12.0. The molecule has 2 aliphatic heterocycles. The van der Waals surface area contributed by atoms with E-state index in [1.807, 2.05) is 19.9 Å². The molecule has 1 atom stereocenters. The van der Waals surface area contributed by atoms with Crippen LogP contribution in [0.1, 0.15) is 25.8 Å². The van der Waals surface area contributed by atoms with Crippen LogP contribution in [0, 0.1) is 10.1 Å². The van der Waals surface area contributed by atoms with Crippen molar-refractivity contribution in [2.24, 2.45) is 0 Å². The lowest BCUT2D eigenvalue weighted by atomic mass is 10.0. The molecule has 2 aliphatic rings. The molecule has 0 bridgehead atoms. The third-order valence-electron chi connectivity index (χ3n) is 4.07. The smallest absolute Gasteiger partial charge is 0.269 e. The number of non-ortho nitro benzene ring substituents is 1. The van der Waals surface area contributed by atoms with Gasteiger partial charge in [-0.1, -0.05) is 24.8 Å². The van der Waals surface area contributed by atoms with Crippen LogP contribution >= 0.6 is 24.0 Å². The van der Waals surface area contributed by atoms with Crippen LogP contribution in [-0.2, 0) is 16.1 Å². The van der Waals surface area contributed by atoms with Gasteiger partial charge in [-0.25, -0.2) is 0 Å². The molecule has 1 fully saturated rings. The van der Waals surface area contributed by atoms with Crippen molar-refractivity contribution in [2.75, 3.05) is 0 Å². The molecule has 0 aromatic heterocycles. The molecular formula is C17H16N2O4S2. The number of rotatable bonds is 5. The van der Waals surface area contributed by atoms with Gasteiger partial charge in [0.2, 0.25) is 5.05 Å². The number of nitro groups is 1. The molecule has 3 rings (SSSR count). The van der Waals surface area contributed by atoms with Crippen molar-refractivity contribution < 1.29 is 14.5 Å². The van der Waals surface area contributed by atoms with Crippen LogP contribution in [0.3, 0.4) is 0 Å². The van der Waals surface area contributed by atoms with E-state index in [4.69, 9.17) is 17.0 Å². The molecular weight excluding hydrogens is 360 g/mol. The number of nitro benzene ring substituents is 1. The fraction of sp³-hybridized carbons (Fsp3) is 0.294. The number of nitrogens with zero attached hydrogens (tertiary/aromatic N) is 2. The van der Waals surface area contributed by atoms with Crippen LogP contribution < -0.4 is 0 Å². The van der Waals surface area contributed by atoms with E-state index >= 15 is 0 Å². The Morgan fingerprint density at radius 3 is 2.68 bits per heavy atom. The summed E-state index contributed by atoms with van der Waals surface area (Å²) in [5, 5.41) is 11.0. The van der Waals surface area contributed by atoms with Crippen LogP contribution in [0.5, 0.6) is 0 Å². The van der Waals surface area contributed by atoms with E-state index in [9.17, 15) is 14.9 Å². The maximum atomic E-state index is 12.3. The van der Waals surface area contributed by atoms with Gasteiger partial charge in [0.1, 0.15) is 17.7 Å². The molecule has 25 heavy (non-hydrogen) atoms. The van der Waals surface area contributed by atoms with Gasteiger partial charge in [0.25, 0.3) is 11.6 Å². The summed E-state index contributed by atoms with van der Waals surface area (Å²) in [5.41, 5.74) is 2.29. The van der Waals surface area contributed by atoms with Crippen molar-refractivity contribution in [1.29, 1.82) is 0 Å². The summed E-state index contributed by atoms with van der Waals surface area (Å²) in [4.78, 5) is 25.2. The number of thiocarbonyl (C=S) groups is 1. The predicted molar refractivity (Wildman–Crippen MR) is 99.8 cm³/mol. The van der Waals surface area contributed by atoms with Crippen LogP contribution in [0.25, 0.3) is 0 Å². The second-order valence-corrected chi connectivity index (χ2v) is 7.06. The maximum absolute atomic E-state index is 12.3. The van der Waals surface area contributed by atoms with Crippen LogP contribution in [0.15, 0.2) is 46.5 Å². The molecule has 0 aliphatic carbocycles. The Hall–Kier alpha value is -2.19. The van der Waals surface area contributed by atoms with E-state index in [-0.39, 0.29) is 28.6 Å². The van der Waals surface area contributed by atoms with E-state index in [2.05, 4.69) is 0 Å². The van der Waals surface area contributed by atoms with Crippen molar-refractivity contribution in [2.45, 2.75) is 32.2 Å². The van der Waals surface area contributed by atoms with Gasteiger partial charge in [0.15, 0.2) is 0 Å². The van der Waals surface area contributed by atoms with Gasteiger partial charge in [-0.05, 0) is 43.3 Å². The zero-order valence-electron chi connectivity index (χ0n) is 13.7. The van der Waals surface area contributed by atoms with Crippen molar-refractivity contribution in [3.05, 3.63) is 62.2 Å². The number of thioether (sulfide) groups is 1. The molecule has 0 spiro atoms. The molecule has 6 nitrogen and oxygen atoms in total. The molecule has 1 unspecified atom stereocenters. The molecule has 0 radical (unpaired) electrons. The first kappa shape index (κ1) is 17.6. The Morgan fingerprint density at radius 2 is 2.12 bits per heavy atom. The number of hydrogen-bond acceptors (Lipinski definition) is 6. The van der Waals surface area contributed by atoms with Crippen molar-refractivity contribution >= 4 is 40.6 Å². The molecule has 0 saturated carbocycles. The maximum Gasteiger partial charge on any atom is 0.269 e. The fourth-order valence-corrected chi connectivity index (χ4v) is 4.50. The van der Waals surface area contributed by atoms with Crippen molar-refractivity contribution in [1.82, 2.24) is 4.90 Å². The molecule has 1 saturated heterocycles. The van der Waals surface area contributed by atoms with Crippen molar-refractivity contribution in [3.8, 4) is 0 Å². The van der Waals surface area contributed by atoms with E-state index < -0.39 is 4.92 Å². The summed E-state index contributed by atoms with van der Waals surface area (Å²) in [7, 11) is 0. The molecule has 130 valence electrons. The normalized spacial score (nSPS) is 20.6. The molecule has 1 amide bonds. The number of fused-ring (bicyclic) bond motifs is 1. The Bertz CT molecular complexity index is 814. The van der Waals surface area contributed by atoms with Gasteiger partial charge in [-0.3, -0.25) is 19.8 Å². The topological polar surface area (TPSA) is 72.7 Å². The van der Waals surface area contributed by atoms with Gasteiger partial charge in [-0.2, -0.15) is 0 Å². The predicted octanol–water partition coefficient (Wildman–Crippen LogP) is 3.92. The number of hydrogen-bond donors (Lipinski definition) is 0. The third-order valence-corrected chi connectivity index (χ3v) is 5.83. The third kappa shape index (κ3) is 3.07. The number of ether oxygens (including phenoxy) is 1. The number of carbonyl (C=O) groups is 1. The molecule has 8 heteroatoms. The Labute approximate surface area is 154 Å². The van der Waals surface area contributed by atoms with Gasteiger partial charge in [-0.15, -0.1) is 0 Å². The Kier molecular flexibility index (Phi) is 4.91. The van der Waals surface area contributed by atoms with E-state index in [0.717, 1.165) is 22.5 Å². The number of β-lactam (4-membered cyclic amide) rings is 1. The highest BCUT2D eigenvalue weighted by Gasteiger charge is 2.50. The minimum atomic E-state index is -0.447. The number of allylic oxidation sites excluding steroid dienone is 2. The minimum Gasteiger partial charge on any atom is -0.477 e. The highest BCUT2D eigenvalue weighted by atomic mass is 32.2. The van der Waals surface area contributed by atoms with E-state index in [0.29, 0.717) is 5.70 Å². The first-order valence-electron chi connectivity index (χ1n) is 7.78. The van der Waals surface area contributed by atoms with Gasteiger partial charge >= 0.3 is 0 Å². The SMILES string of the molecule is CC=C1C(=O)N2C(C(=S)OCc3ccc([N+](=O)[O-])cc3)=C(CC)SC12. The largest absolute Gasteiger partial charge is 0.477 e. The molecule has 0 N–H and O–H groups in total. The molecule has 1 aromatic rings. The monoisotopic (exact) mass is 376 g/mol. The highest BCUT2D eigenvalue weighted by molar-refractivity contribution is 8.04. The Morgan fingerprint density at radius 1 is 1.44 bits per heavy atom. The molecule has 2 heterocycles. The lowest BCUT2D eigenvalue weighted by Gasteiger charge is -2.37. The Balaban J connectivity index is 1.70. The van der Waals surface area contributed by atoms with Crippen molar-refractivity contribution in [3.63, 3.8) is 0 Å². The van der Waals surface area contributed by atoms with Gasteiger partial charge in [0.05, 0.1) is 4.92 Å². The summed E-state index contributed by atoms with van der Waals surface area (Å²) < 4.78 is 5.69. The zero-order chi connectivity index (χ0) is 18.1. The summed E-state index contributed by atoms with van der Waals surface area (Å²) in [5.74, 6) is -0.0280. The number of benzene rings is 1. The summed E-state index contributed by atoms with van der Waals surface area (Å²) in [6.07, 6.45) is 2.62. The zero-order valence-corrected chi connectivity index (χ0v) is 15.4. The lowest BCUT2D eigenvalue weighted by molar-refractivity contribution is -0.384. The quantitative estimate of drug-likeness (QED) is 0.255. The average molecular weight is 376 g/mol. The van der Waals surface area contributed by atoms with Gasteiger partial charge in [0, 0.05) is 22.6 Å². The lowest BCUT2D eigenvalue weighted by Crippen LogP contribution is -2.51. The average Bonchev–Trinajstić information content (AvgIpc) is 2.95.